The second kappa shape index (κ2) is 4.01. The summed E-state index contributed by atoms with van der Waals surface area (Å²) in [4.78, 5) is 0. The molecule has 3 rings (SSSR count). The van der Waals surface area contributed by atoms with E-state index in [1.807, 2.05) is 0 Å². The zero-order valence-electron chi connectivity index (χ0n) is 12.4. The molecule has 0 saturated heterocycles. The van der Waals surface area contributed by atoms with Gasteiger partial charge in [-0.2, -0.15) is 0 Å². The van der Waals surface area contributed by atoms with Crippen LogP contribution in [-0.2, 0) is 19.0 Å². The van der Waals surface area contributed by atoms with Crippen molar-refractivity contribution in [2.45, 2.75) is 32.7 Å². The predicted octanol–water partition coefficient (Wildman–Crippen LogP) is 2.88. The zero-order chi connectivity index (χ0) is 13.8. The van der Waals surface area contributed by atoms with Crippen molar-refractivity contribution >= 4 is 10.9 Å². The number of aromatic nitrogens is 1. The first-order valence-electron chi connectivity index (χ1n) is 6.83. The van der Waals surface area contributed by atoms with Crippen LogP contribution in [0.1, 0.15) is 30.7 Å². The van der Waals surface area contributed by atoms with Gasteiger partial charge in [-0.1, -0.05) is 13.8 Å². The number of ether oxygens (including phenoxy) is 1. The van der Waals surface area contributed by atoms with Crippen molar-refractivity contribution in [3.8, 4) is 5.75 Å². The Balaban J connectivity index is 2.44. The summed E-state index contributed by atoms with van der Waals surface area (Å²) in [5, 5.41) is 4.88. The Morgan fingerprint density at radius 2 is 2.05 bits per heavy atom. The topological polar surface area (TPSA) is 26.2 Å². The van der Waals surface area contributed by atoms with Crippen molar-refractivity contribution in [2.75, 3.05) is 13.7 Å². The Hall–Kier alpha value is -1.48. The first kappa shape index (κ1) is 12.5. The van der Waals surface area contributed by atoms with Crippen molar-refractivity contribution in [1.82, 2.24) is 9.88 Å². The summed E-state index contributed by atoms with van der Waals surface area (Å²) in [6, 6.07) is 4.31. The number of methoxy groups -OCH3 is 1. The molecular weight excluding hydrogens is 236 g/mol. The third-order valence-electron chi connectivity index (χ3n) is 4.34. The molecule has 1 aliphatic rings. The summed E-state index contributed by atoms with van der Waals surface area (Å²) in [5.74, 6) is 0.952. The first-order valence-corrected chi connectivity index (χ1v) is 6.83. The number of rotatable bonds is 1. The quantitative estimate of drug-likeness (QED) is 0.851. The Morgan fingerprint density at radius 3 is 2.74 bits per heavy atom. The molecule has 0 amide bonds. The molecule has 3 nitrogen and oxygen atoms in total. The van der Waals surface area contributed by atoms with Crippen molar-refractivity contribution in [1.29, 1.82) is 0 Å². The van der Waals surface area contributed by atoms with Gasteiger partial charge in [-0.05, 0) is 30.2 Å². The van der Waals surface area contributed by atoms with E-state index in [4.69, 9.17) is 4.74 Å². The monoisotopic (exact) mass is 258 g/mol. The number of hydrogen-bond acceptors (Lipinski definition) is 2. The van der Waals surface area contributed by atoms with Crippen LogP contribution in [0.15, 0.2) is 12.1 Å². The summed E-state index contributed by atoms with van der Waals surface area (Å²) in [6.45, 7) is 8.76. The summed E-state index contributed by atoms with van der Waals surface area (Å²) in [5.41, 5.74) is 5.66. The second-order valence-corrected chi connectivity index (χ2v) is 6.21. The van der Waals surface area contributed by atoms with Crippen molar-refractivity contribution in [3.63, 3.8) is 0 Å². The number of hydrogen-bond donors (Lipinski definition) is 1. The third-order valence-corrected chi connectivity index (χ3v) is 4.34. The van der Waals surface area contributed by atoms with E-state index >= 15 is 0 Å². The highest BCUT2D eigenvalue weighted by Gasteiger charge is 2.32. The summed E-state index contributed by atoms with van der Waals surface area (Å²) in [6.07, 6.45) is 0. The highest BCUT2D eigenvalue weighted by atomic mass is 16.5. The molecule has 1 aromatic carbocycles. The fourth-order valence-corrected chi connectivity index (χ4v) is 3.50. The maximum absolute atomic E-state index is 5.45. The highest BCUT2D eigenvalue weighted by molar-refractivity contribution is 5.90. The lowest BCUT2D eigenvalue weighted by molar-refractivity contribution is 0.414. The van der Waals surface area contributed by atoms with Crippen LogP contribution in [0.2, 0.25) is 0 Å². The van der Waals surface area contributed by atoms with E-state index in [-0.39, 0.29) is 5.41 Å². The van der Waals surface area contributed by atoms with Gasteiger partial charge >= 0.3 is 0 Å². The minimum absolute atomic E-state index is 0.159. The van der Waals surface area contributed by atoms with Crippen LogP contribution in [0.3, 0.4) is 0 Å². The maximum Gasteiger partial charge on any atom is 0.119 e. The molecule has 0 bridgehead atoms. The van der Waals surface area contributed by atoms with Crippen molar-refractivity contribution in [3.05, 3.63) is 29.0 Å². The second-order valence-electron chi connectivity index (χ2n) is 6.21. The standard InChI is InChI=1S/C16H22N2O/c1-10-6-11(19-5)7-12-14-13(18(4)15(10)12)8-17-9-16(14,2)3/h6-7,17H,8-9H2,1-5H3. The molecule has 0 saturated carbocycles. The fraction of sp³-hybridized carbons (Fsp3) is 0.500. The summed E-state index contributed by atoms with van der Waals surface area (Å²) >= 11 is 0. The Kier molecular flexibility index (Phi) is 2.65. The number of nitrogens with zero attached hydrogens (tertiary/aromatic N) is 1. The molecule has 1 aromatic heterocycles. The predicted molar refractivity (Wildman–Crippen MR) is 78.9 cm³/mol. The van der Waals surface area contributed by atoms with Gasteiger partial charge in [0.1, 0.15) is 5.75 Å². The highest BCUT2D eigenvalue weighted by Crippen LogP contribution is 2.40. The van der Waals surface area contributed by atoms with Gasteiger partial charge in [0.25, 0.3) is 0 Å². The van der Waals surface area contributed by atoms with Crippen molar-refractivity contribution < 1.29 is 4.74 Å². The van der Waals surface area contributed by atoms with E-state index in [2.05, 4.69) is 49.8 Å². The van der Waals surface area contributed by atoms with Gasteiger partial charge in [-0.15, -0.1) is 0 Å². The fourth-order valence-electron chi connectivity index (χ4n) is 3.50. The molecule has 0 aliphatic carbocycles. The largest absolute Gasteiger partial charge is 0.497 e. The van der Waals surface area contributed by atoms with E-state index in [0.29, 0.717) is 0 Å². The van der Waals surface area contributed by atoms with E-state index in [9.17, 15) is 0 Å². The molecule has 0 atom stereocenters. The van der Waals surface area contributed by atoms with Gasteiger partial charge in [-0.3, -0.25) is 0 Å². The lowest BCUT2D eigenvalue weighted by Gasteiger charge is -2.31. The van der Waals surface area contributed by atoms with Crippen LogP contribution in [0.25, 0.3) is 10.9 Å². The van der Waals surface area contributed by atoms with Crippen LogP contribution in [-0.4, -0.2) is 18.2 Å². The molecule has 0 radical (unpaired) electrons. The maximum atomic E-state index is 5.45. The van der Waals surface area contributed by atoms with E-state index in [1.165, 1.54) is 27.7 Å². The molecule has 0 unspecified atom stereocenters. The van der Waals surface area contributed by atoms with Crippen molar-refractivity contribution in [2.24, 2.45) is 7.05 Å². The number of benzene rings is 1. The van der Waals surface area contributed by atoms with Crippen LogP contribution < -0.4 is 10.1 Å². The Morgan fingerprint density at radius 1 is 1.32 bits per heavy atom. The minimum Gasteiger partial charge on any atom is -0.497 e. The van der Waals surface area contributed by atoms with Gasteiger partial charge in [0, 0.05) is 36.6 Å². The van der Waals surface area contributed by atoms with Crippen LogP contribution in [0.4, 0.5) is 0 Å². The molecule has 2 heterocycles. The smallest absolute Gasteiger partial charge is 0.119 e. The minimum atomic E-state index is 0.159. The number of nitrogens with one attached hydrogen (secondary N) is 1. The van der Waals surface area contributed by atoms with E-state index < -0.39 is 0 Å². The van der Waals surface area contributed by atoms with Gasteiger partial charge in [0.05, 0.1) is 12.6 Å². The number of fused-ring (bicyclic) bond motifs is 3. The van der Waals surface area contributed by atoms with Crippen LogP contribution in [0, 0.1) is 6.92 Å². The average molecular weight is 258 g/mol. The molecule has 19 heavy (non-hydrogen) atoms. The first-order chi connectivity index (χ1) is 8.95. The normalized spacial score (nSPS) is 17.5. The molecule has 0 fully saturated rings. The lowest BCUT2D eigenvalue weighted by Crippen LogP contribution is -2.38. The molecule has 0 spiro atoms. The molecule has 2 aromatic rings. The zero-order valence-corrected chi connectivity index (χ0v) is 12.4. The Bertz CT molecular complexity index is 653. The van der Waals surface area contributed by atoms with Gasteiger partial charge in [-0.25, -0.2) is 0 Å². The van der Waals surface area contributed by atoms with Gasteiger partial charge in [0.15, 0.2) is 0 Å². The molecule has 102 valence electrons. The third kappa shape index (κ3) is 1.68. The molecule has 3 heteroatoms. The van der Waals surface area contributed by atoms with Gasteiger partial charge < -0.3 is 14.6 Å². The van der Waals surface area contributed by atoms with Gasteiger partial charge in [0.2, 0.25) is 0 Å². The SMILES string of the molecule is COc1cc(C)c2c(c1)c1c(n2C)CNCC1(C)C. The van der Waals surface area contributed by atoms with E-state index in [0.717, 1.165) is 18.8 Å². The molecule has 1 N–H and O–H groups in total. The molecule has 1 aliphatic heterocycles. The van der Waals surface area contributed by atoms with E-state index in [1.54, 1.807) is 7.11 Å². The molecular formula is C16H22N2O. The Labute approximate surface area is 114 Å². The number of aryl methyl sites for hydroxylation is 2. The van der Waals surface area contributed by atoms with Crippen LogP contribution >= 0.6 is 0 Å². The average Bonchev–Trinajstić information content (AvgIpc) is 2.64. The summed E-state index contributed by atoms with van der Waals surface area (Å²) < 4.78 is 7.79. The summed E-state index contributed by atoms with van der Waals surface area (Å²) in [7, 11) is 3.91. The van der Waals surface area contributed by atoms with Crippen LogP contribution in [0.5, 0.6) is 5.75 Å². The lowest BCUT2D eigenvalue weighted by atomic mass is 9.80.